The molecule has 130 valence electrons. The van der Waals surface area contributed by atoms with Gasteiger partial charge in [0.1, 0.15) is 5.82 Å². The zero-order valence-electron chi connectivity index (χ0n) is 14.4. The fourth-order valence-electron chi connectivity index (χ4n) is 3.29. The number of imidazole rings is 1. The third-order valence-corrected chi connectivity index (χ3v) is 4.59. The first-order chi connectivity index (χ1) is 11.7. The molecule has 0 aromatic carbocycles. The highest BCUT2D eigenvalue weighted by Crippen LogP contribution is 2.25. The zero-order valence-corrected chi connectivity index (χ0v) is 14.4. The summed E-state index contributed by atoms with van der Waals surface area (Å²) in [5.74, 6) is 1.75. The van der Waals surface area contributed by atoms with Gasteiger partial charge in [-0.3, -0.25) is 4.79 Å². The van der Waals surface area contributed by atoms with Gasteiger partial charge in [0.25, 0.3) is 11.9 Å². The molecule has 0 bridgehead atoms. The molecule has 0 saturated carbocycles. The molecular weight excluding hydrogens is 306 g/mol. The lowest BCUT2D eigenvalue weighted by molar-refractivity contribution is 0.0555. The quantitative estimate of drug-likeness (QED) is 0.815. The van der Waals surface area contributed by atoms with E-state index in [1.54, 1.807) is 12.1 Å². The van der Waals surface area contributed by atoms with E-state index in [9.17, 15) is 4.79 Å². The summed E-state index contributed by atoms with van der Waals surface area (Å²) in [7, 11) is 0. The van der Waals surface area contributed by atoms with Crippen molar-refractivity contribution in [2.75, 3.05) is 13.2 Å². The molecule has 0 aliphatic carbocycles. The fourth-order valence-corrected chi connectivity index (χ4v) is 3.29. The molecule has 0 unspecified atom stereocenters. The van der Waals surface area contributed by atoms with E-state index >= 15 is 0 Å². The number of hydrogen-bond donors (Lipinski definition) is 0. The second-order valence-electron chi connectivity index (χ2n) is 6.16. The predicted octanol–water partition coefficient (Wildman–Crippen LogP) is 3.27. The topological polar surface area (TPSA) is 60.5 Å². The van der Waals surface area contributed by atoms with Crippen LogP contribution in [0.15, 0.2) is 28.9 Å². The molecule has 6 heteroatoms. The van der Waals surface area contributed by atoms with E-state index in [2.05, 4.69) is 9.55 Å². The SMILES string of the molecule is CCOc1ccc(C(=O)N2CCCC[C@H]2CCn2ccnc2C)o1. The monoisotopic (exact) mass is 331 g/mol. The minimum atomic E-state index is -0.0343. The Morgan fingerprint density at radius 1 is 1.42 bits per heavy atom. The van der Waals surface area contributed by atoms with Crippen LogP contribution in [-0.4, -0.2) is 39.6 Å². The summed E-state index contributed by atoms with van der Waals surface area (Å²) in [6.45, 7) is 6.09. The zero-order chi connectivity index (χ0) is 16.9. The molecular formula is C18H25N3O3. The van der Waals surface area contributed by atoms with Gasteiger partial charge in [-0.1, -0.05) is 0 Å². The molecule has 0 spiro atoms. The molecule has 0 radical (unpaired) electrons. The maximum atomic E-state index is 12.8. The largest absolute Gasteiger partial charge is 0.465 e. The Kier molecular flexibility index (Phi) is 5.23. The first-order valence-corrected chi connectivity index (χ1v) is 8.70. The minimum Gasteiger partial charge on any atom is -0.465 e. The van der Waals surface area contributed by atoms with Gasteiger partial charge < -0.3 is 18.6 Å². The van der Waals surface area contributed by atoms with E-state index in [1.165, 1.54) is 6.42 Å². The van der Waals surface area contributed by atoms with Crippen molar-refractivity contribution in [1.82, 2.24) is 14.5 Å². The molecule has 1 amide bonds. The van der Waals surface area contributed by atoms with Crippen LogP contribution in [-0.2, 0) is 6.54 Å². The van der Waals surface area contributed by atoms with Gasteiger partial charge in [-0.25, -0.2) is 4.98 Å². The summed E-state index contributed by atoms with van der Waals surface area (Å²) < 4.78 is 13.0. The van der Waals surface area contributed by atoms with Gasteiger partial charge in [0, 0.05) is 37.6 Å². The molecule has 2 aromatic heterocycles. The van der Waals surface area contributed by atoms with Crippen molar-refractivity contribution in [1.29, 1.82) is 0 Å². The summed E-state index contributed by atoms with van der Waals surface area (Å²) in [4.78, 5) is 19.0. The van der Waals surface area contributed by atoms with Crippen LogP contribution in [0.3, 0.4) is 0 Å². The van der Waals surface area contributed by atoms with Crippen LogP contribution < -0.4 is 4.74 Å². The van der Waals surface area contributed by atoms with E-state index < -0.39 is 0 Å². The number of nitrogens with zero attached hydrogens (tertiary/aromatic N) is 3. The van der Waals surface area contributed by atoms with E-state index in [4.69, 9.17) is 9.15 Å². The van der Waals surface area contributed by atoms with Crippen LogP contribution in [0.2, 0.25) is 0 Å². The molecule has 24 heavy (non-hydrogen) atoms. The number of piperidine rings is 1. The molecule has 2 aromatic rings. The highest BCUT2D eigenvalue weighted by molar-refractivity contribution is 5.92. The average molecular weight is 331 g/mol. The Balaban J connectivity index is 1.66. The number of ether oxygens (including phenoxy) is 1. The van der Waals surface area contributed by atoms with Crippen molar-refractivity contribution in [2.24, 2.45) is 0 Å². The fraction of sp³-hybridized carbons (Fsp3) is 0.556. The van der Waals surface area contributed by atoms with Crippen molar-refractivity contribution in [3.63, 3.8) is 0 Å². The van der Waals surface area contributed by atoms with Gasteiger partial charge in [-0.05, 0) is 45.6 Å². The Morgan fingerprint density at radius 2 is 2.29 bits per heavy atom. The standard InChI is InChI=1S/C18H25N3O3/c1-3-23-17-8-7-16(24-17)18(22)21-11-5-4-6-15(21)9-12-20-13-10-19-14(20)2/h7-8,10,13,15H,3-6,9,11-12H2,1-2H3/t15-/m0/s1. The number of hydrogen-bond acceptors (Lipinski definition) is 4. The number of rotatable bonds is 6. The van der Waals surface area contributed by atoms with Crippen LogP contribution in [0.4, 0.5) is 0 Å². The van der Waals surface area contributed by atoms with E-state index in [0.29, 0.717) is 18.3 Å². The first-order valence-electron chi connectivity index (χ1n) is 8.70. The molecule has 1 saturated heterocycles. The smallest absolute Gasteiger partial charge is 0.289 e. The van der Waals surface area contributed by atoms with Crippen LogP contribution in [0, 0.1) is 6.92 Å². The van der Waals surface area contributed by atoms with Crippen LogP contribution in [0.1, 0.15) is 49.0 Å². The molecule has 3 rings (SSSR count). The van der Waals surface area contributed by atoms with Gasteiger partial charge in [0.2, 0.25) is 0 Å². The Hall–Kier alpha value is -2.24. The van der Waals surface area contributed by atoms with Crippen molar-refractivity contribution in [3.8, 4) is 5.95 Å². The van der Waals surface area contributed by atoms with Crippen molar-refractivity contribution < 1.29 is 13.9 Å². The van der Waals surface area contributed by atoms with E-state index in [-0.39, 0.29) is 11.9 Å². The maximum Gasteiger partial charge on any atom is 0.289 e. The minimum absolute atomic E-state index is 0.0343. The Bertz CT molecular complexity index is 677. The Morgan fingerprint density at radius 3 is 3.04 bits per heavy atom. The number of carbonyl (C=O) groups excluding carboxylic acids is 1. The van der Waals surface area contributed by atoms with Crippen molar-refractivity contribution in [2.45, 2.75) is 52.1 Å². The maximum absolute atomic E-state index is 12.8. The lowest BCUT2D eigenvalue weighted by atomic mass is 9.99. The number of amides is 1. The van der Waals surface area contributed by atoms with Gasteiger partial charge in [-0.2, -0.15) is 0 Å². The summed E-state index contributed by atoms with van der Waals surface area (Å²) in [5.41, 5.74) is 0. The third-order valence-electron chi connectivity index (χ3n) is 4.59. The summed E-state index contributed by atoms with van der Waals surface area (Å²) in [5, 5.41) is 0. The number of aryl methyl sites for hydroxylation is 2. The molecule has 0 N–H and O–H groups in total. The van der Waals surface area contributed by atoms with Gasteiger partial charge in [0.15, 0.2) is 5.76 Å². The Labute approximate surface area is 142 Å². The normalized spacial score (nSPS) is 17.9. The molecule has 6 nitrogen and oxygen atoms in total. The van der Waals surface area contributed by atoms with E-state index in [0.717, 1.165) is 38.2 Å². The van der Waals surface area contributed by atoms with E-state index in [1.807, 2.05) is 31.1 Å². The highest BCUT2D eigenvalue weighted by atomic mass is 16.6. The van der Waals surface area contributed by atoms with Crippen LogP contribution in [0.25, 0.3) is 0 Å². The average Bonchev–Trinajstić information content (AvgIpc) is 3.22. The van der Waals surface area contributed by atoms with Crippen molar-refractivity contribution >= 4 is 5.91 Å². The number of aromatic nitrogens is 2. The second kappa shape index (κ2) is 7.55. The molecule has 1 atom stereocenters. The lowest BCUT2D eigenvalue weighted by Crippen LogP contribution is -2.44. The van der Waals surface area contributed by atoms with Crippen molar-refractivity contribution in [3.05, 3.63) is 36.1 Å². The highest BCUT2D eigenvalue weighted by Gasteiger charge is 2.29. The number of carbonyl (C=O) groups is 1. The lowest BCUT2D eigenvalue weighted by Gasteiger charge is -2.35. The second-order valence-corrected chi connectivity index (χ2v) is 6.16. The third kappa shape index (κ3) is 3.63. The predicted molar refractivity (Wildman–Crippen MR) is 90.1 cm³/mol. The number of furan rings is 1. The number of likely N-dealkylation sites (tertiary alicyclic amines) is 1. The summed E-state index contributed by atoms with van der Waals surface area (Å²) in [6.07, 6.45) is 7.99. The van der Waals surface area contributed by atoms with Gasteiger partial charge in [-0.15, -0.1) is 0 Å². The molecule has 1 fully saturated rings. The molecule has 1 aliphatic rings. The first kappa shape index (κ1) is 16.6. The van der Waals surface area contributed by atoms with Gasteiger partial charge >= 0.3 is 0 Å². The van der Waals surface area contributed by atoms with Crippen LogP contribution >= 0.6 is 0 Å². The molecule has 1 aliphatic heterocycles. The summed E-state index contributed by atoms with van der Waals surface area (Å²) in [6, 6.07) is 3.66. The summed E-state index contributed by atoms with van der Waals surface area (Å²) >= 11 is 0. The van der Waals surface area contributed by atoms with Gasteiger partial charge in [0.05, 0.1) is 6.61 Å². The molecule has 3 heterocycles. The van der Waals surface area contributed by atoms with Crippen LogP contribution in [0.5, 0.6) is 5.95 Å².